The molecule has 1 aliphatic rings. The SMILES string of the molecule is CC(NC(=O)COCc1nnc(C(=O)Nc2ccc(F)cc2)s1)c1ccc2c(c1)OCCO2. The van der Waals surface area contributed by atoms with Crippen LogP contribution in [0.3, 0.4) is 0 Å². The van der Waals surface area contributed by atoms with E-state index in [0.717, 1.165) is 16.9 Å². The second-order valence-corrected chi connectivity index (χ2v) is 8.21. The number of fused-ring (bicyclic) bond motifs is 1. The third kappa shape index (κ3) is 6.02. The van der Waals surface area contributed by atoms with Gasteiger partial charge in [0.15, 0.2) is 11.5 Å². The summed E-state index contributed by atoms with van der Waals surface area (Å²) in [5.41, 5.74) is 1.33. The quantitative estimate of drug-likeness (QED) is 0.518. The molecule has 0 saturated carbocycles. The van der Waals surface area contributed by atoms with Gasteiger partial charge in [-0.05, 0) is 48.9 Å². The van der Waals surface area contributed by atoms with Crippen LogP contribution in [0.2, 0.25) is 0 Å². The Balaban J connectivity index is 1.22. The molecule has 0 saturated heterocycles. The van der Waals surface area contributed by atoms with E-state index in [-0.39, 0.29) is 30.2 Å². The Morgan fingerprint density at radius 1 is 1.12 bits per heavy atom. The normalized spacial score (nSPS) is 13.3. The van der Waals surface area contributed by atoms with Gasteiger partial charge in [-0.3, -0.25) is 9.59 Å². The lowest BCUT2D eigenvalue weighted by molar-refractivity contribution is -0.126. The Labute approximate surface area is 192 Å². The summed E-state index contributed by atoms with van der Waals surface area (Å²) >= 11 is 1.05. The van der Waals surface area contributed by atoms with E-state index in [0.29, 0.717) is 35.4 Å². The first kappa shape index (κ1) is 22.6. The van der Waals surface area contributed by atoms with Crippen molar-refractivity contribution in [1.29, 1.82) is 0 Å². The molecule has 0 fully saturated rings. The van der Waals surface area contributed by atoms with Crippen LogP contribution in [0.15, 0.2) is 42.5 Å². The van der Waals surface area contributed by atoms with E-state index in [1.54, 1.807) is 0 Å². The highest BCUT2D eigenvalue weighted by Gasteiger charge is 2.17. The molecule has 11 heteroatoms. The average Bonchev–Trinajstić information content (AvgIpc) is 3.29. The summed E-state index contributed by atoms with van der Waals surface area (Å²) in [6, 6.07) is 10.7. The zero-order valence-corrected chi connectivity index (χ0v) is 18.5. The van der Waals surface area contributed by atoms with E-state index in [1.807, 2.05) is 25.1 Å². The molecule has 1 aliphatic heterocycles. The van der Waals surface area contributed by atoms with Gasteiger partial charge in [-0.15, -0.1) is 10.2 Å². The van der Waals surface area contributed by atoms with Crippen molar-refractivity contribution in [1.82, 2.24) is 15.5 Å². The largest absolute Gasteiger partial charge is 0.486 e. The van der Waals surface area contributed by atoms with Crippen molar-refractivity contribution in [3.8, 4) is 11.5 Å². The summed E-state index contributed by atoms with van der Waals surface area (Å²) in [4.78, 5) is 24.5. The van der Waals surface area contributed by atoms with Gasteiger partial charge in [-0.1, -0.05) is 17.4 Å². The van der Waals surface area contributed by atoms with Crippen molar-refractivity contribution in [3.05, 3.63) is 63.9 Å². The molecule has 2 N–H and O–H groups in total. The van der Waals surface area contributed by atoms with Crippen LogP contribution in [-0.4, -0.2) is 41.8 Å². The lowest BCUT2D eigenvalue weighted by atomic mass is 10.1. The fraction of sp³-hybridized carbons (Fsp3) is 0.273. The lowest BCUT2D eigenvalue weighted by Gasteiger charge is -2.21. The number of rotatable bonds is 8. The predicted molar refractivity (Wildman–Crippen MR) is 118 cm³/mol. The van der Waals surface area contributed by atoms with Crippen LogP contribution in [0.5, 0.6) is 11.5 Å². The summed E-state index contributed by atoms with van der Waals surface area (Å²) in [5, 5.41) is 13.8. The summed E-state index contributed by atoms with van der Waals surface area (Å²) in [7, 11) is 0. The molecule has 4 rings (SSSR count). The Morgan fingerprint density at radius 3 is 2.67 bits per heavy atom. The van der Waals surface area contributed by atoms with Crippen molar-refractivity contribution < 1.29 is 28.2 Å². The number of halogens is 1. The number of benzene rings is 2. The zero-order chi connectivity index (χ0) is 23.2. The van der Waals surface area contributed by atoms with E-state index < -0.39 is 11.7 Å². The first-order valence-corrected chi connectivity index (χ1v) is 11.0. The van der Waals surface area contributed by atoms with Crippen LogP contribution in [-0.2, 0) is 16.1 Å². The maximum absolute atomic E-state index is 13.0. The van der Waals surface area contributed by atoms with E-state index in [1.165, 1.54) is 24.3 Å². The molecule has 9 nitrogen and oxygen atoms in total. The van der Waals surface area contributed by atoms with Gasteiger partial charge >= 0.3 is 0 Å². The molecule has 2 heterocycles. The monoisotopic (exact) mass is 472 g/mol. The van der Waals surface area contributed by atoms with Crippen LogP contribution >= 0.6 is 11.3 Å². The van der Waals surface area contributed by atoms with Crippen LogP contribution < -0.4 is 20.1 Å². The van der Waals surface area contributed by atoms with Crippen molar-refractivity contribution in [2.24, 2.45) is 0 Å². The third-order valence-electron chi connectivity index (χ3n) is 4.67. The number of nitrogens with zero attached hydrogens (tertiary/aromatic N) is 2. The predicted octanol–water partition coefficient (Wildman–Crippen LogP) is 3.09. The summed E-state index contributed by atoms with van der Waals surface area (Å²) in [5.74, 6) is 0.196. The summed E-state index contributed by atoms with van der Waals surface area (Å²) in [6.07, 6.45) is 0. The molecule has 0 bridgehead atoms. The van der Waals surface area contributed by atoms with Crippen molar-refractivity contribution in [2.45, 2.75) is 19.6 Å². The van der Waals surface area contributed by atoms with Gasteiger partial charge < -0.3 is 24.8 Å². The summed E-state index contributed by atoms with van der Waals surface area (Å²) < 4.78 is 29.4. The molecular formula is C22H21FN4O5S. The molecule has 1 atom stereocenters. The lowest BCUT2D eigenvalue weighted by Crippen LogP contribution is -2.30. The molecule has 1 unspecified atom stereocenters. The molecule has 0 spiro atoms. The number of hydrogen-bond acceptors (Lipinski definition) is 8. The van der Waals surface area contributed by atoms with Crippen molar-refractivity contribution >= 4 is 28.8 Å². The van der Waals surface area contributed by atoms with Gasteiger partial charge in [0.25, 0.3) is 5.91 Å². The molecule has 3 aromatic rings. The number of carbonyl (C=O) groups is 2. The minimum Gasteiger partial charge on any atom is -0.486 e. The van der Waals surface area contributed by atoms with Crippen LogP contribution in [0.1, 0.15) is 33.3 Å². The number of ether oxygens (including phenoxy) is 3. The minimum atomic E-state index is -0.462. The average molecular weight is 472 g/mol. The Bertz CT molecular complexity index is 1140. The highest BCUT2D eigenvalue weighted by atomic mass is 32.1. The summed E-state index contributed by atoms with van der Waals surface area (Å²) in [6.45, 7) is 2.73. The maximum atomic E-state index is 13.0. The number of carbonyl (C=O) groups excluding carboxylic acids is 2. The van der Waals surface area contributed by atoms with Crippen molar-refractivity contribution in [3.63, 3.8) is 0 Å². The van der Waals surface area contributed by atoms with Gasteiger partial charge in [0, 0.05) is 5.69 Å². The van der Waals surface area contributed by atoms with E-state index in [4.69, 9.17) is 14.2 Å². The Hall–Kier alpha value is -3.57. The number of aromatic nitrogens is 2. The first-order valence-electron chi connectivity index (χ1n) is 10.1. The molecule has 2 aromatic carbocycles. The molecule has 1 aromatic heterocycles. The van der Waals surface area contributed by atoms with Gasteiger partial charge in [0.05, 0.1) is 6.04 Å². The fourth-order valence-electron chi connectivity index (χ4n) is 3.05. The number of amides is 2. The minimum absolute atomic E-state index is 0.0350. The van der Waals surface area contributed by atoms with Gasteiger partial charge in [-0.2, -0.15) is 0 Å². The fourth-order valence-corrected chi connectivity index (χ4v) is 3.72. The van der Waals surface area contributed by atoms with E-state index in [9.17, 15) is 14.0 Å². The highest BCUT2D eigenvalue weighted by molar-refractivity contribution is 7.13. The van der Waals surface area contributed by atoms with Gasteiger partial charge in [0.2, 0.25) is 10.9 Å². The van der Waals surface area contributed by atoms with E-state index in [2.05, 4.69) is 20.8 Å². The Kier molecular flexibility index (Phi) is 7.10. The number of nitrogens with one attached hydrogen (secondary N) is 2. The smallest absolute Gasteiger partial charge is 0.286 e. The van der Waals surface area contributed by atoms with Crippen LogP contribution in [0, 0.1) is 5.82 Å². The molecule has 0 radical (unpaired) electrons. The maximum Gasteiger partial charge on any atom is 0.286 e. The second kappa shape index (κ2) is 10.4. The van der Waals surface area contributed by atoms with Gasteiger partial charge in [0.1, 0.15) is 37.3 Å². The third-order valence-corrected chi connectivity index (χ3v) is 5.56. The second-order valence-electron chi connectivity index (χ2n) is 7.15. The van der Waals surface area contributed by atoms with Gasteiger partial charge in [-0.25, -0.2) is 4.39 Å². The van der Waals surface area contributed by atoms with Crippen LogP contribution in [0.25, 0.3) is 0 Å². The van der Waals surface area contributed by atoms with Crippen LogP contribution in [0.4, 0.5) is 10.1 Å². The molecule has 0 aliphatic carbocycles. The molecule has 2 amide bonds. The van der Waals surface area contributed by atoms with Crippen molar-refractivity contribution in [2.75, 3.05) is 25.1 Å². The number of anilines is 1. The zero-order valence-electron chi connectivity index (χ0n) is 17.7. The van der Waals surface area contributed by atoms with E-state index >= 15 is 0 Å². The topological polar surface area (TPSA) is 112 Å². The number of hydrogen-bond donors (Lipinski definition) is 2. The highest BCUT2D eigenvalue weighted by Crippen LogP contribution is 2.32. The molecule has 172 valence electrons. The Morgan fingerprint density at radius 2 is 1.88 bits per heavy atom. The molecule has 33 heavy (non-hydrogen) atoms. The standard InChI is InChI=1S/C22H21FN4O5S/c1-13(14-2-7-17-18(10-14)32-9-8-31-17)24-19(28)11-30-12-20-26-27-22(33-20)21(29)25-16-5-3-15(23)4-6-16/h2-7,10,13H,8-9,11-12H2,1H3,(H,24,28)(H,25,29). The molecular weight excluding hydrogens is 451 g/mol. The first-order chi connectivity index (χ1) is 16.0.